The van der Waals surface area contributed by atoms with Gasteiger partial charge in [0.05, 0.1) is 25.9 Å². The molecule has 3 aromatic carbocycles. The summed E-state index contributed by atoms with van der Waals surface area (Å²) < 4.78 is 10.4. The number of methoxy groups -OCH3 is 2. The molecule has 0 aromatic heterocycles. The Bertz CT molecular complexity index is 1100. The molecule has 0 unspecified atom stereocenters. The van der Waals surface area contributed by atoms with E-state index in [2.05, 4.69) is 0 Å². The van der Waals surface area contributed by atoms with E-state index in [1.54, 1.807) is 7.11 Å². The number of hydrogen-bond acceptors (Lipinski definition) is 5. The predicted octanol–water partition coefficient (Wildman–Crippen LogP) is 5.00. The lowest BCUT2D eigenvalue weighted by atomic mass is 9.93. The zero-order valence-electron chi connectivity index (χ0n) is 16.7. The number of carbonyl (C=O) groups is 1. The summed E-state index contributed by atoms with van der Waals surface area (Å²) in [5.74, 6) is 1.03. The molecule has 1 aliphatic rings. The van der Waals surface area contributed by atoms with Crippen molar-refractivity contribution in [3.8, 4) is 5.75 Å². The predicted molar refractivity (Wildman–Crippen MR) is 118 cm³/mol. The Morgan fingerprint density at radius 3 is 2.57 bits per heavy atom. The second-order valence-corrected chi connectivity index (χ2v) is 7.32. The van der Waals surface area contributed by atoms with Gasteiger partial charge in [-0.25, -0.2) is 4.99 Å². The first kappa shape index (κ1) is 20.0. The van der Waals surface area contributed by atoms with Gasteiger partial charge in [-0.2, -0.15) is 0 Å². The lowest BCUT2D eigenvalue weighted by Gasteiger charge is -2.38. The molecule has 0 aliphatic carbocycles. The molecule has 3 aromatic rings. The highest BCUT2D eigenvalue weighted by Crippen LogP contribution is 2.41. The first-order valence-corrected chi connectivity index (χ1v) is 9.89. The van der Waals surface area contributed by atoms with Gasteiger partial charge in [0.25, 0.3) is 0 Å². The van der Waals surface area contributed by atoms with Gasteiger partial charge in [-0.1, -0.05) is 54.1 Å². The summed E-state index contributed by atoms with van der Waals surface area (Å²) in [7, 11) is 3.01. The summed E-state index contributed by atoms with van der Waals surface area (Å²) in [6.07, 6.45) is 0. The van der Waals surface area contributed by atoms with E-state index in [4.69, 9.17) is 26.1 Å². The van der Waals surface area contributed by atoms with Crippen molar-refractivity contribution in [3.05, 3.63) is 94.5 Å². The van der Waals surface area contributed by atoms with Crippen LogP contribution in [0.3, 0.4) is 0 Å². The fraction of sp³-hybridized carbons (Fsp3) is 0.167. The zero-order valence-corrected chi connectivity index (χ0v) is 17.5. The molecular formula is C24H21ClN2O3. The summed E-state index contributed by atoms with van der Waals surface area (Å²) >= 11 is 6.33. The Hall–Kier alpha value is -3.31. The molecule has 1 heterocycles. The van der Waals surface area contributed by atoms with Gasteiger partial charge in [-0.05, 0) is 35.9 Å². The number of amidine groups is 1. The Morgan fingerprint density at radius 1 is 1.03 bits per heavy atom. The number of hydrogen-bond donors (Lipinski definition) is 0. The number of benzene rings is 3. The fourth-order valence-electron chi connectivity index (χ4n) is 3.67. The molecule has 152 valence electrons. The zero-order chi connectivity index (χ0) is 21.1. The van der Waals surface area contributed by atoms with Gasteiger partial charge in [-0.3, -0.25) is 4.79 Å². The monoisotopic (exact) mass is 420 g/mol. The Labute approximate surface area is 180 Å². The highest BCUT2D eigenvalue weighted by molar-refractivity contribution is 6.30. The van der Waals surface area contributed by atoms with Crippen molar-refractivity contribution in [1.82, 2.24) is 4.90 Å². The molecule has 30 heavy (non-hydrogen) atoms. The summed E-state index contributed by atoms with van der Waals surface area (Å²) in [6, 6.07) is 23.0. The topological polar surface area (TPSA) is 51.1 Å². The molecule has 0 bridgehead atoms. The van der Waals surface area contributed by atoms with Crippen molar-refractivity contribution in [2.45, 2.75) is 6.04 Å². The standard InChI is InChI=1S/C24H21ClN2O3/c1-29-19-10-6-9-17(13-19)24-26-21-12-11-18(25)14-20(21)23(16-7-4-3-5-8-16)27(24)15-22(28)30-2/h3-14,23H,15H2,1-2H3/t23-/m1/s1. The normalized spacial score (nSPS) is 15.2. The van der Waals surface area contributed by atoms with Crippen LogP contribution in [-0.2, 0) is 9.53 Å². The highest BCUT2D eigenvalue weighted by Gasteiger charge is 2.33. The average Bonchev–Trinajstić information content (AvgIpc) is 2.79. The average molecular weight is 421 g/mol. The third-order valence-electron chi connectivity index (χ3n) is 5.06. The van der Waals surface area contributed by atoms with Crippen LogP contribution in [0, 0.1) is 0 Å². The number of carbonyl (C=O) groups excluding carboxylic acids is 1. The minimum Gasteiger partial charge on any atom is -0.497 e. The molecule has 0 spiro atoms. The van der Waals surface area contributed by atoms with Crippen LogP contribution in [0.2, 0.25) is 5.02 Å². The molecule has 5 nitrogen and oxygen atoms in total. The van der Waals surface area contributed by atoms with E-state index < -0.39 is 0 Å². The van der Waals surface area contributed by atoms with E-state index >= 15 is 0 Å². The van der Waals surface area contributed by atoms with Gasteiger partial charge in [-0.15, -0.1) is 0 Å². The van der Waals surface area contributed by atoms with Crippen LogP contribution in [0.25, 0.3) is 0 Å². The number of fused-ring (bicyclic) bond motifs is 1. The molecular weight excluding hydrogens is 400 g/mol. The largest absolute Gasteiger partial charge is 0.497 e. The minimum absolute atomic E-state index is 0.0397. The second-order valence-electron chi connectivity index (χ2n) is 6.89. The van der Waals surface area contributed by atoms with Crippen LogP contribution in [0.5, 0.6) is 5.75 Å². The van der Waals surface area contributed by atoms with Crippen molar-refractivity contribution in [2.24, 2.45) is 4.99 Å². The molecule has 0 saturated carbocycles. The highest BCUT2D eigenvalue weighted by atomic mass is 35.5. The first-order valence-electron chi connectivity index (χ1n) is 9.51. The Morgan fingerprint density at radius 2 is 1.83 bits per heavy atom. The van der Waals surface area contributed by atoms with Crippen molar-refractivity contribution in [2.75, 3.05) is 20.8 Å². The quantitative estimate of drug-likeness (QED) is 0.545. The number of esters is 1. The molecule has 6 heteroatoms. The smallest absolute Gasteiger partial charge is 0.325 e. The Kier molecular flexibility index (Phi) is 5.72. The number of halogens is 1. The summed E-state index contributed by atoms with van der Waals surface area (Å²) in [4.78, 5) is 19.2. The summed E-state index contributed by atoms with van der Waals surface area (Å²) in [5.41, 5.74) is 3.62. The van der Waals surface area contributed by atoms with Gasteiger partial charge >= 0.3 is 5.97 Å². The minimum atomic E-state index is -0.350. The van der Waals surface area contributed by atoms with E-state index in [1.165, 1.54) is 7.11 Å². The molecule has 1 aliphatic heterocycles. The van der Waals surface area contributed by atoms with Gasteiger partial charge in [0, 0.05) is 16.1 Å². The van der Waals surface area contributed by atoms with Crippen molar-refractivity contribution < 1.29 is 14.3 Å². The number of nitrogens with zero attached hydrogens (tertiary/aromatic N) is 2. The van der Waals surface area contributed by atoms with Crippen LogP contribution in [0.4, 0.5) is 5.69 Å². The van der Waals surface area contributed by atoms with E-state index in [9.17, 15) is 4.79 Å². The molecule has 4 rings (SSSR count). The first-order chi connectivity index (χ1) is 14.6. The SMILES string of the molecule is COC(=O)CN1C(c2cccc(OC)c2)=Nc2ccc(Cl)cc2[C@H]1c1ccccc1. The molecule has 0 radical (unpaired) electrons. The van der Waals surface area contributed by atoms with Gasteiger partial charge in [0.1, 0.15) is 18.1 Å². The van der Waals surface area contributed by atoms with Crippen LogP contribution in [-0.4, -0.2) is 37.5 Å². The third-order valence-corrected chi connectivity index (χ3v) is 5.30. The lowest BCUT2D eigenvalue weighted by molar-refractivity contribution is -0.141. The summed E-state index contributed by atoms with van der Waals surface area (Å²) in [5, 5.41) is 0.618. The third kappa shape index (κ3) is 3.89. The molecule has 0 fully saturated rings. The second kappa shape index (κ2) is 8.59. The number of ether oxygens (including phenoxy) is 2. The van der Waals surface area contributed by atoms with E-state index in [-0.39, 0.29) is 18.6 Å². The van der Waals surface area contributed by atoms with E-state index in [1.807, 2.05) is 77.7 Å². The number of aliphatic imine (C=N–C) groups is 1. The fourth-order valence-corrected chi connectivity index (χ4v) is 3.85. The maximum Gasteiger partial charge on any atom is 0.325 e. The maximum absolute atomic E-state index is 12.4. The van der Waals surface area contributed by atoms with Crippen molar-refractivity contribution in [1.29, 1.82) is 0 Å². The van der Waals surface area contributed by atoms with Crippen LogP contribution in [0.15, 0.2) is 77.8 Å². The van der Waals surface area contributed by atoms with Gasteiger partial charge in [0.15, 0.2) is 0 Å². The molecule has 0 amide bonds. The number of rotatable bonds is 5. The molecule has 1 atom stereocenters. The maximum atomic E-state index is 12.4. The molecule has 0 saturated heterocycles. The van der Waals surface area contributed by atoms with E-state index in [0.29, 0.717) is 16.6 Å². The Balaban J connectivity index is 1.94. The van der Waals surface area contributed by atoms with Crippen molar-refractivity contribution in [3.63, 3.8) is 0 Å². The van der Waals surface area contributed by atoms with Crippen LogP contribution < -0.4 is 4.74 Å². The van der Waals surface area contributed by atoms with Gasteiger partial charge < -0.3 is 14.4 Å². The van der Waals surface area contributed by atoms with Crippen LogP contribution >= 0.6 is 11.6 Å². The molecule has 0 N–H and O–H groups in total. The lowest BCUT2D eigenvalue weighted by Crippen LogP contribution is -2.42. The van der Waals surface area contributed by atoms with Crippen molar-refractivity contribution >= 4 is 29.1 Å². The van der Waals surface area contributed by atoms with E-state index in [0.717, 1.165) is 22.4 Å². The summed E-state index contributed by atoms with van der Waals surface area (Å²) in [6.45, 7) is 0.0397. The van der Waals surface area contributed by atoms with Gasteiger partial charge in [0.2, 0.25) is 0 Å². The van der Waals surface area contributed by atoms with Crippen LogP contribution in [0.1, 0.15) is 22.7 Å².